The first kappa shape index (κ1) is 24.4. The van der Waals surface area contributed by atoms with Gasteiger partial charge in [-0.15, -0.1) is 0 Å². The smallest absolute Gasteiger partial charge is 0.151 e. The second-order valence-corrected chi connectivity index (χ2v) is 11.2. The molecule has 0 saturated carbocycles. The summed E-state index contributed by atoms with van der Waals surface area (Å²) < 4.78 is 49.2. The van der Waals surface area contributed by atoms with Crippen LogP contribution in [0, 0.1) is 19.7 Å². The van der Waals surface area contributed by atoms with Gasteiger partial charge >= 0.3 is 0 Å². The molecule has 1 aliphatic rings. The van der Waals surface area contributed by atoms with Crippen molar-refractivity contribution in [2.24, 2.45) is 0 Å². The Hall–Kier alpha value is -2.68. The van der Waals surface area contributed by atoms with E-state index in [4.69, 9.17) is 9.15 Å². The lowest BCUT2D eigenvalue weighted by atomic mass is 10.1. The number of benzene rings is 2. The van der Waals surface area contributed by atoms with Crippen LogP contribution in [-0.2, 0) is 16.4 Å². The molecular formula is C26H30FNO5S. The van der Waals surface area contributed by atoms with Crippen molar-refractivity contribution in [1.29, 1.82) is 0 Å². The van der Waals surface area contributed by atoms with E-state index in [2.05, 4.69) is 0 Å². The van der Waals surface area contributed by atoms with E-state index in [1.165, 1.54) is 12.1 Å². The van der Waals surface area contributed by atoms with Crippen LogP contribution in [0.2, 0.25) is 0 Å². The maximum absolute atomic E-state index is 13.2. The van der Waals surface area contributed by atoms with Gasteiger partial charge in [-0.3, -0.25) is 4.90 Å². The van der Waals surface area contributed by atoms with Crippen molar-refractivity contribution in [3.8, 4) is 17.1 Å². The molecule has 1 N–H and O–H groups in total. The van der Waals surface area contributed by atoms with E-state index in [9.17, 15) is 17.9 Å². The molecule has 8 heteroatoms. The summed E-state index contributed by atoms with van der Waals surface area (Å²) in [4.78, 5) is 1.95. The highest BCUT2D eigenvalue weighted by atomic mass is 32.2. The molecule has 2 aromatic carbocycles. The monoisotopic (exact) mass is 487 g/mol. The van der Waals surface area contributed by atoms with Crippen molar-refractivity contribution < 1.29 is 27.1 Å². The second kappa shape index (κ2) is 10.3. The first-order valence-electron chi connectivity index (χ1n) is 11.4. The van der Waals surface area contributed by atoms with E-state index < -0.39 is 15.9 Å². The average molecular weight is 488 g/mol. The molecule has 2 atom stereocenters. The van der Waals surface area contributed by atoms with Gasteiger partial charge in [0.25, 0.3) is 0 Å². The number of sulfone groups is 1. The van der Waals surface area contributed by atoms with Gasteiger partial charge in [-0.1, -0.05) is 17.7 Å². The highest BCUT2D eigenvalue weighted by molar-refractivity contribution is 7.91. The van der Waals surface area contributed by atoms with Gasteiger partial charge in [0.1, 0.15) is 35.8 Å². The van der Waals surface area contributed by atoms with Gasteiger partial charge in [0.05, 0.1) is 18.1 Å². The Labute approximate surface area is 199 Å². The fourth-order valence-corrected chi connectivity index (χ4v) is 6.07. The van der Waals surface area contributed by atoms with Crippen LogP contribution in [0.25, 0.3) is 11.3 Å². The molecule has 1 fully saturated rings. The van der Waals surface area contributed by atoms with Gasteiger partial charge in [0, 0.05) is 18.2 Å². The predicted molar refractivity (Wildman–Crippen MR) is 129 cm³/mol. The van der Waals surface area contributed by atoms with Crippen molar-refractivity contribution in [2.45, 2.75) is 39.0 Å². The van der Waals surface area contributed by atoms with Crippen LogP contribution in [0.1, 0.15) is 23.3 Å². The molecule has 1 saturated heterocycles. The molecule has 182 valence electrons. The van der Waals surface area contributed by atoms with E-state index >= 15 is 0 Å². The van der Waals surface area contributed by atoms with Crippen molar-refractivity contribution in [2.75, 3.05) is 24.7 Å². The number of halogens is 1. The molecule has 0 aliphatic carbocycles. The highest BCUT2D eigenvalue weighted by Crippen LogP contribution is 2.26. The minimum Gasteiger partial charge on any atom is -0.491 e. The van der Waals surface area contributed by atoms with Crippen LogP contribution in [0.15, 0.2) is 59.0 Å². The molecule has 2 unspecified atom stereocenters. The molecular weight excluding hydrogens is 457 g/mol. The van der Waals surface area contributed by atoms with Gasteiger partial charge < -0.3 is 14.3 Å². The maximum Gasteiger partial charge on any atom is 0.151 e. The quantitative estimate of drug-likeness (QED) is 0.489. The van der Waals surface area contributed by atoms with Crippen LogP contribution in [0.5, 0.6) is 5.75 Å². The zero-order valence-electron chi connectivity index (χ0n) is 19.4. The fourth-order valence-electron chi connectivity index (χ4n) is 4.31. The van der Waals surface area contributed by atoms with Gasteiger partial charge in [0.15, 0.2) is 9.84 Å². The van der Waals surface area contributed by atoms with Crippen LogP contribution in [0.4, 0.5) is 4.39 Å². The summed E-state index contributed by atoms with van der Waals surface area (Å²) in [5.74, 6) is 1.85. The number of ether oxygens (including phenoxy) is 1. The second-order valence-electron chi connectivity index (χ2n) is 8.99. The van der Waals surface area contributed by atoms with Crippen molar-refractivity contribution >= 4 is 9.84 Å². The Bertz CT molecular complexity index is 1220. The SMILES string of the molecule is Cc1ccc(OCC(O)CN(Cc2ccc(-c3ccc(F)cc3)o2)C2CCS(=O)(=O)C2)c(C)c1. The van der Waals surface area contributed by atoms with Gasteiger partial charge in [-0.2, -0.15) is 0 Å². The number of aliphatic hydroxyl groups is 1. The Kier molecular flexibility index (Phi) is 7.40. The zero-order valence-corrected chi connectivity index (χ0v) is 20.2. The van der Waals surface area contributed by atoms with Crippen molar-refractivity contribution in [3.63, 3.8) is 0 Å². The van der Waals surface area contributed by atoms with Crippen LogP contribution >= 0.6 is 0 Å². The molecule has 1 aromatic heterocycles. The maximum atomic E-state index is 13.2. The van der Waals surface area contributed by atoms with Gasteiger partial charge in [-0.05, 0) is 68.3 Å². The largest absolute Gasteiger partial charge is 0.491 e. The minimum atomic E-state index is -3.10. The first-order chi connectivity index (χ1) is 16.2. The lowest BCUT2D eigenvalue weighted by Crippen LogP contribution is -2.42. The molecule has 34 heavy (non-hydrogen) atoms. The lowest BCUT2D eigenvalue weighted by molar-refractivity contribution is 0.0496. The minimum absolute atomic E-state index is 0.0587. The highest BCUT2D eigenvalue weighted by Gasteiger charge is 2.33. The number of furan rings is 1. The molecule has 0 spiro atoms. The van der Waals surface area contributed by atoms with E-state index in [-0.39, 0.29) is 36.5 Å². The third-order valence-corrected chi connectivity index (χ3v) is 7.83. The van der Waals surface area contributed by atoms with Crippen molar-refractivity contribution in [3.05, 3.63) is 77.3 Å². The van der Waals surface area contributed by atoms with E-state index in [0.29, 0.717) is 24.5 Å². The Morgan fingerprint density at radius 2 is 1.91 bits per heavy atom. The number of rotatable bonds is 9. The van der Waals surface area contributed by atoms with Crippen molar-refractivity contribution in [1.82, 2.24) is 4.90 Å². The summed E-state index contributed by atoms with van der Waals surface area (Å²) >= 11 is 0. The average Bonchev–Trinajstić information content (AvgIpc) is 3.39. The summed E-state index contributed by atoms with van der Waals surface area (Å²) in [5, 5.41) is 10.7. The van der Waals surface area contributed by atoms with Crippen LogP contribution in [-0.4, -0.2) is 55.2 Å². The van der Waals surface area contributed by atoms with E-state index in [0.717, 1.165) is 22.4 Å². The van der Waals surface area contributed by atoms with Crippen LogP contribution in [0.3, 0.4) is 0 Å². The fraction of sp³-hybridized carbons (Fsp3) is 0.385. The van der Waals surface area contributed by atoms with Gasteiger partial charge in [-0.25, -0.2) is 12.8 Å². The van der Waals surface area contributed by atoms with E-state index in [1.54, 1.807) is 12.1 Å². The Morgan fingerprint density at radius 3 is 2.59 bits per heavy atom. The summed E-state index contributed by atoms with van der Waals surface area (Å²) in [5.41, 5.74) is 2.89. The third kappa shape index (κ3) is 6.25. The molecule has 0 amide bonds. The summed E-state index contributed by atoms with van der Waals surface area (Å²) in [7, 11) is -3.10. The lowest BCUT2D eigenvalue weighted by Gasteiger charge is -2.29. The predicted octanol–water partition coefficient (Wildman–Crippen LogP) is 4.13. The Morgan fingerprint density at radius 1 is 1.15 bits per heavy atom. The Balaban J connectivity index is 1.44. The summed E-state index contributed by atoms with van der Waals surface area (Å²) in [6.07, 6.45) is -0.297. The topological polar surface area (TPSA) is 80.0 Å². The number of nitrogens with zero attached hydrogens (tertiary/aromatic N) is 1. The standard InChI is InChI=1S/C26H30FNO5S/c1-18-3-9-25(19(2)13-18)32-16-23(29)14-28(22-11-12-34(30,31)17-22)15-24-8-10-26(33-24)20-4-6-21(27)7-5-20/h3-10,13,22-23,29H,11-12,14-17H2,1-2H3. The van der Waals surface area contributed by atoms with Crippen LogP contribution < -0.4 is 4.74 Å². The molecule has 0 radical (unpaired) electrons. The summed E-state index contributed by atoms with van der Waals surface area (Å²) in [6, 6.07) is 15.3. The molecule has 0 bridgehead atoms. The number of hydrogen-bond donors (Lipinski definition) is 1. The first-order valence-corrected chi connectivity index (χ1v) is 13.2. The normalized spacial score (nSPS) is 18.3. The number of hydrogen-bond acceptors (Lipinski definition) is 6. The third-order valence-electron chi connectivity index (χ3n) is 6.08. The molecule has 3 aromatic rings. The molecule has 4 rings (SSSR count). The number of aliphatic hydroxyl groups excluding tert-OH is 1. The molecule has 2 heterocycles. The molecule has 1 aliphatic heterocycles. The van der Waals surface area contributed by atoms with E-state index in [1.807, 2.05) is 49.1 Å². The van der Waals surface area contributed by atoms with Gasteiger partial charge in [0.2, 0.25) is 0 Å². The summed E-state index contributed by atoms with van der Waals surface area (Å²) in [6.45, 7) is 4.66. The zero-order chi connectivity index (χ0) is 24.3. The number of aryl methyl sites for hydroxylation is 2. The molecule has 6 nitrogen and oxygen atoms in total.